The van der Waals surface area contributed by atoms with Crippen molar-refractivity contribution in [1.29, 1.82) is 5.26 Å². The third kappa shape index (κ3) is 3.74. The molecule has 2 fully saturated rings. The molecule has 9 heteroatoms. The van der Waals surface area contributed by atoms with Crippen LogP contribution in [0.25, 0.3) is 16.6 Å². The summed E-state index contributed by atoms with van der Waals surface area (Å²) in [5, 5.41) is 18.4. The number of piperidine rings is 1. The van der Waals surface area contributed by atoms with Crippen molar-refractivity contribution < 1.29 is 9.53 Å². The van der Waals surface area contributed by atoms with Gasteiger partial charge in [0.25, 0.3) is 0 Å². The molecule has 176 valence electrons. The molecule has 0 spiro atoms. The number of amides is 1. The lowest BCUT2D eigenvalue weighted by Gasteiger charge is -2.36. The molecule has 1 amide bonds. The highest BCUT2D eigenvalue weighted by Gasteiger charge is 2.32. The molecule has 34 heavy (non-hydrogen) atoms. The molecule has 1 atom stereocenters. The summed E-state index contributed by atoms with van der Waals surface area (Å²) in [5.74, 6) is 0.651. The SMILES string of the molecule is C=CC(=O)N1CC[C@H](N2CCC(n3ncc(-c4cc(OC)c5c(C#N)cnn5c4)c3C)CC2)C1. The summed E-state index contributed by atoms with van der Waals surface area (Å²) in [6.07, 6.45) is 9.89. The zero-order valence-corrected chi connectivity index (χ0v) is 19.6. The van der Waals surface area contributed by atoms with Crippen LogP contribution in [0.1, 0.15) is 36.6 Å². The molecular weight excluding hydrogens is 430 g/mol. The highest BCUT2D eigenvalue weighted by molar-refractivity contribution is 5.87. The lowest BCUT2D eigenvalue weighted by molar-refractivity contribution is -0.125. The highest BCUT2D eigenvalue weighted by Crippen LogP contribution is 2.34. The number of carbonyl (C=O) groups is 1. The average molecular weight is 460 g/mol. The first kappa shape index (κ1) is 22.2. The highest BCUT2D eigenvalue weighted by atomic mass is 16.5. The fourth-order valence-electron chi connectivity index (χ4n) is 5.41. The molecule has 5 heterocycles. The Labute approximate surface area is 198 Å². The van der Waals surface area contributed by atoms with Gasteiger partial charge in [-0.3, -0.25) is 14.4 Å². The summed E-state index contributed by atoms with van der Waals surface area (Å²) >= 11 is 0. The Bertz CT molecular complexity index is 1280. The quantitative estimate of drug-likeness (QED) is 0.545. The Morgan fingerprint density at radius 1 is 1.21 bits per heavy atom. The van der Waals surface area contributed by atoms with E-state index in [9.17, 15) is 10.1 Å². The van der Waals surface area contributed by atoms with E-state index in [2.05, 4.69) is 34.3 Å². The summed E-state index contributed by atoms with van der Waals surface area (Å²) in [5.41, 5.74) is 4.26. The molecule has 0 unspecified atom stereocenters. The number of nitrogens with zero attached hydrogens (tertiary/aromatic N) is 7. The summed E-state index contributed by atoms with van der Waals surface area (Å²) in [6, 6.07) is 4.90. The van der Waals surface area contributed by atoms with Crippen LogP contribution in [0, 0.1) is 18.3 Å². The van der Waals surface area contributed by atoms with E-state index >= 15 is 0 Å². The largest absolute Gasteiger partial charge is 0.494 e. The molecule has 2 aliphatic rings. The van der Waals surface area contributed by atoms with E-state index in [1.807, 2.05) is 23.4 Å². The van der Waals surface area contributed by atoms with Crippen LogP contribution in [0.5, 0.6) is 5.75 Å². The molecule has 2 saturated heterocycles. The zero-order chi connectivity index (χ0) is 23.8. The number of hydrogen-bond donors (Lipinski definition) is 0. The third-order valence-electron chi connectivity index (χ3n) is 7.28. The second-order valence-electron chi connectivity index (χ2n) is 9.05. The van der Waals surface area contributed by atoms with Crippen molar-refractivity contribution in [2.45, 2.75) is 38.3 Å². The van der Waals surface area contributed by atoms with E-state index in [-0.39, 0.29) is 5.91 Å². The fraction of sp³-hybridized carbons (Fsp3) is 0.440. The van der Waals surface area contributed by atoms with Gasteiger partial charge < -0.3 is 9.64 Å². The maximum atomic E-state index is 11.9. The Balaban J connectivity index is 1.31. The smallest absolute Gasteiger partial charge is 0.246 e. The van der Waals surface area contributed by atoms with Crippen molar-refractivity contribution in [2.24, 2.45) is 0 Å². The van der Waals surface area contributed by atoms with Crippen LogP contribution in [-0.2, 0) is 4.79 Å². The predicted octanol–water partition coefficient (Wildman–Crippen LogP) is 2.81. The van der Waals surface area contributed by atoms with Crippen molar-refractivity contribution in [1.82, 2.24) is 29.2 Å². The van der Waals surface area contributed by atoms with E-state index in [0.29, 0.717) is 28.9 Å². The molecule has 2 aliphatic heterocycles. The van der Waals surface area contributed by atoms with Gasteiger partial charge in [0.2, 0.25) is 5.91 Å². The number of nitriles is 1. The van der Waals surface area contributed by atoms with Crippen molar-refractivity contribution in [3.63, 3.8) is 0 Å². The van der Waals surface area contributed by atoms with Crippen molar-refractivity contribution in [2.75, 3.05) is 33.3 Å². The first-order valence-corrected chi connectivity index (χ1v) is 11.7. The number of pyridine rings is 1. The Morgan fingerprint density at radius 2 is 1.97 bits per heavy atom. The predicted molar refractivity (Wildman–Crippen MR) is 127 cm³/mol. The van der Waals surface area contributed by atoms with Gasteiger partial charge in [-0.15, -0.1) is 0 Å². The number of rotatable bonds is 5. The van der Waals surface area contributed by atoms with Gasteiger partial charge in [-0.2, -0.15) is 15.5 Å². The monoisotopic (exact) mass is 459 g/mol. The topological polar surface area (TPSA) is 91.7 Å². The number of aromatic nitrogens is 4. The Morgan fingerprint density at radius 3 is 2.68 bits per heavy atom. The van der Waals surface area contributed by atoms with Gasteiger partial charge in [-0.05, 0) is 38.3 Å². The number of likely N-dealkylation sites (tertiary alicyclic amines) is 2. The number of carbonyl (C=O) groups excluding carboxylic acids is 1. The second kappa shape index (κ2) is 8.95. The summed E-state index contributed by atoms with van der Waals surface area (Å²) in [4.78, 5) is 16.3. The first-order chi connectivity index (χ1) is 16.5. The molecule has 9 nitrogen and oxygen atoms in total. The molecule has 3 aromatic rings. The average Bonchev–Trinajstić information content (AvgIpc) is 3.61. The molecule has 0 bridgehead atoms. The van der Waals surface area contributed by atoms with E-state index in [1.54, 1.807) is 17.8 Å². The van der Waals surface area contributed by atoms with Gasteiger partial charge in [0.1, 0.15) is 22.9 Å². The van der Waals surface area contributed by atoms with Gasteiger partial charge in [0, 0.05) is 55.2 Å². The van der Waals surface area contributed by atoms with Crippen LogP contribution >= 0.6 is 0 Å². The zero-order valence-electron chi connectivity index (χ0n) is 19.6. The van der Waals surface area contributed by atoms with Crippen LogP contribution in [0.2, 0.25) is 0 Å². The van der Waals surface area contributed by atoms with Gasteiger partial charge in [0.05, 0.1) is 25.5 Å². The number of ether oxygens (including phenoxy) is 1. The molecule has 5 rings (SSSR count). The lowest BCUT2D eigenvalue weighted by Crippen LogP contribution is -2.43. The number of methoxy groups -OCH3 is 1. The van der Waals surface area contributed by atoms with Crippen LogP contribution in [0.15, 0.2) is 37.3 Å². The normalized spacial score (nSPS) is 19.4. The first-order valence-electron chi connectivity index (χ1n) is 11.7. The van der Waals surface area contributed by atoms with Gasteiger partial charge in [-0.25, -0.2) is 4.52 Å². The minimum Gasteiger partial charge on any atom is -0.494 e. The van der Waals surface area contributed by atoms with Gasteiger partial charge in [-0.1, -0.05) is 6.58 Å². The maximum Gasteiger partial charge on any atom is 0.246 e. The summed E-state index contributed by atoms with van der Waals surface area (Å²) in [6.45, 7) is 9.33. The molecule has 0 saturated carbocycles. The van der Waals surface area contributed by atoms with Gasteiger partial charge >= 0.3 is 0 Å². The minimum absolute atomic E-state index is 0.0332. The van der Waals surface area contributed by atoms with Crippen LogP contribution in [0.3, 0.4) is 0 Å². The van der Waals surface area contributed by atoms with Gasteiger partial charge in [0.15, 0.2) is 0 Å². The standard InChI is InChI=1S/C25H29N7O2/c1-4-24(33)30-10-7-21(16-30)29-8-5-20(6-9-29)32-17(2)22(14-28-32)18-11-23(34-3)25-19(12-26)13-27-31(25)15-18/h4,11,13-15,20-21H,1,5-10,16H2,2-3H3/t21-/m0/s1. The molecule has 0 N–H and O–H groups in total. The van der Waals surface area contributed by atoms with Crippen LogP contribution in [0.4, 0.5) is 0 Å². The lowest BCUT2D eigenvalue weighted by atomic mass is 10.0. The minimum atomic E-state index is 0.0332. The van der Waals surface area contributed by atoms with Crippen molar-refractivity contribution in [3.05, 3.63) is 48.6 Å². The summed E-state index contributed by atoms with van der Waals surface area (Å²) in [7, 11) is 1.61. The molecular formula is C25H29N7O2. The van der Waals surface area contributed by atoms with E-state index in [1.165, 1.54) is 6.08 Å². The van der Waals surface area contributed by atoms with E-state index < -0.39 is 0 Å². The number of hydrogen-bond acceptors (Lipinski definition) is 6. The van der Waals surface area contributed by atoms with Crippen molar-refractivity contribution in [3.8, 4) is 22.9 Å². The van der Waals surface area contributed by atoms with Crippen molar-refractivity contribution >= 4 is 11.4 Å². The van der Waals surface area contributed by atoms with Crippen LogP contribution in [-0.4, -0.2) is 74.4 Å². The molecule has 3 aromatic heterocycles. The summed E-state index contributed by atoms with van der Waals surface area (Å²) < 4.78 is 9.42. The van der Waals surface area contributed by atoms with E-state index in [0.717, 1.165) is 62.3 Å². The number of fused-ring (bicyclic) bond motifs is 1. The molecule has 0 radical (unpaired) electrons. The van der Waals surface area contributed by atoms with Crippen LogP contribution < -0.4 is 4.74 Å². The Kier molecular flexibility index (Phi) is 5.84. The fourth-order valence-corrected chi connectivity index (χ4v) is 5.41. The Hall–Kier alpha value is -3.64. The molecule has 0 aliphatic carbocycles. The molecule has 0 aromatic carbocycles. The second-order valence-corrected chi connectivity index (χ2v) is 9.05. The van der Waals surface area contributed by atoms with E-state index in [4.69, 9.17) is 9.84 Å². The third-order valence-corrected chi connectivity index (χ3v) is 7.28. The maximum absolute atomic E-state index is 11.9.